The van der Waals surface area contributed by atoms with Crippen molar-refractivity contribution >= 4 is 5.91 Å². The zero-order chi connectivity index (χ0) is 8.69. The Morgan fingerprint density at radius 3 is 2.64 bits per heavy atom. The van der Waals surface area contributed by atoms with Crippen LogP contribution in [0.5, 0.6) is 0 Å². The van der Waals surface area contributed by atoms with Gasteiger partial charge in [0, 0.05) is 7.11 Å². The molecule has 66 valence electrons. The van der Waals surface area contributed by atoms with E-state index in [0.717, 1.165) is 12.8 Å². The standard InChI is InChI=1S/C7H15NO3/c1-3-4-7(10-2)11-5-6(8)9/h7H,3-5H2,1-2H3,(H2,8,9). The van der Waals surface area contributed by atoms with Gasteiger partial charge in [0.2, 0.25) is 5.91 Å². The van der Waals surface area contributed by atoms with Crippen LogP contribution in [0.4, 0.5) is 0 Å². The minimum Gasteiger partial charge on any atom is -0.368 e. The van der Waals surface area contributed by atoms with Crippen molar-refractivity contribution in [1.82, 2.24) is 0 Å². The molecule has 0 rings (SSSR count). The van der Waals surface area contributed by atoms with Crippen molar-refractivity contribution in [3.8, 4) is 0 Å². The van der Waals surface area contributed by atoms with Gasteiger partial charge in [0.15, 0.2) is 6.29 Å². The smallest absolute Gasteiger partial charge is 0.243 e. The number of ether oxygens (including phenoxy) is 2. The highest BCUT2D eigenvalue weighted by Gasteiger charge is 2.06. The van der Waals surface area contributed by atoms with E-state index < -0.39 is 5.91 Å². The van der Waals surface area contributed by atoms with Crippen LogP contribution in [-0.2, 0) is 14.3 Å². The van der Waals surface area contributed by atoms with E-state index in [-0.39, 0.29) is 12.9 Å². The fraction of sp³-hybridized carbons (Fsp3) is 0.857. The highest BCUT2D eigenvalue weighted by atomic mass is 16.7. The van der Waals surface area contributed by atoms with Crippen LogP contribution in [0.2, 0.25) is 0 Å². The molecular formula is C7H15NO3. The van der Waals surface area contributed by atoms with Crippen molar-refractivity contribution in [2.45, 2.75) is 26.1 Å². The van der Waals surface area contributed by atoms with Crippen molar-refractivity contribution in [3.05, 3.63) is 0 Å². The van der Waals surface area contributed by atoms with Gasteiger partial charge in [-0.05, 0) is 6.42 Å². The molecule has 0 aromatic carbocycles. The van der Waals surface area contributed by atoms with E-state index in [1.165, 1.54) is 0 Å². The van der Waals surface area contributed by atoms with Crippen molar-refractivity contribution in [2.75, 3.05) is 13.7 Å². The Bertz CT molecular complexity index is 116. The van der Waals surface area contributed by atoms with Crippen LogP contribution < -0.4 is 5.73 Å². The van der Waals surface area contributed by atoms with Gasteiger partial charge in [-0.1, -0.05) is 13.3 Å². The number of nitrogens with two attached hydrogens (primary N) is 1. The van der Waals surface area contributed by atoms with Gasteiger partial charge in [-0.3, -0.25) is 4.79 Å². The van der Waals surface area contributed by atoms with Crippen molar-refractivity contribution in [2.24, 2.45) is 5.73 Å². The van der Waals surface area contributed by atoms with E-state index in [1.807, 2.05) is 6.92 Å². The third kappa shape index (κ3) is 5.82. The summed E-state index contributed by atoms with van der Waals surface area (Å²) in [4.78, 5) is 10.3. The number of carbonyl (C=O) groups excluding carboxylic acids is 1. The lowest BCUT2D eigenvalue weighted by molar-refractivity contribution is -0.147. The lowest BCUT2D eigenvalue weighted by Gasteiger charge is -2.13. The summed E-state index contributed by atoms with van der Waals surface area (Å²) < 4.78 is 9.91. The maximum absolute atomic E-state index is 10.3. The summed E-state index contributed by atoms with van der Waals surface area (Å²) in [5.41, 5.74) is 4.87. The number of methoxy groups -OCH3 is 1. The van der Waals surface area contributed by atoms with Crippen molar-refractivity contribution < 1.29 is 14.3 Å². The Morgan fingerprint density at radius 2 is 2.27 bits per heavy atom. The molecule has 0 heterocycles. The molecule has 1 atom stereocenters. The third-order valence-corrected chi connectivity index (χ3v) is 1.20. The number of amides is 1. The molecule has 0 aromatic heterocycles. The summed E-state index contributed by atoms with van der Waals surface area (Å²) in [7, 11) is 1.54. The molecule has 4 heteroatoms. The fourth-order valence-electron chi connectivity index (χ4n) is 0.680. The van der Waals surface area contributed by atoms with Gasteiger partial charge in [-0.15, -0.1) is 0 Å². The lowest BCUT2D eigenvalue weighted by Crippen LogP contribution is -2.24. The molecule has 0 aliphatic heterocycles. The molecule has 0 spiro atoms. The first kappa shape index (κ1) is 10.4. The highest BCUT2D eigenvalue weighted by molar-refractivity contribution is 5.74. The van der Waals surface area contributed by atoms with Gasteiger partial charge in [0.25, 0.3) is 0 Å². The van der Waals surface area contributed by atoms with E-state index in [2.05, 4.69) is 0 Å². The van der Waals surface area contributed by atoms with Crippen molar-refractivity contribution in [3.63, 3.8) is 0 Å². The van der Waals surface area contributed by atoms with Crippen LogP contribution in [0.25, 0.3) is 0 Å². The Hall–Kier alpha value is -0.610. The van der Waals surface area contributed by atoms with Gasteiger partial charge >= 0.3 is 0 Å². The molecule has 2 N–H and O–H groups in total. The molecule has 0 saturated heterocycles. The summed E-state index contributed by atoms with van der Waals surface area (Å²) >= 11 is 0. The van der Waals surface area contributed by atoms with Gasteiger partial charge < -0.3 is 15.2 Å². The first-order valence-corrected chi connectivity index (χ1v) is 3.63. The molecule has 0 saturated carbocycles. The van der Waals surface area contributed by atoms with Crippen molar-refractivity contribution in [1.29, 1.82) is 0 Å². The maximum atomic E-state index is 10.3. The largest absolute Gasteiger partial charge is 0.368 e. The Morgan fingerprint density at radius 1 is 1.64 bits per heavy atom. The Balaban J connectivity index is 3.43. The molecule has 1 amide bonds. The van der Waals surface area contributed by atoms with Crippen LogP contribution in [0.15, 0.2) is 0 Å². The second-order valence-electron chi connectivity index (χ2n) is 2.23. The van der Waals surface area contributed by atoms with Gasteiger partial charge in [0.1, 0.15) is 6.61 Å². The second-order valence-corrected chi connectivity index (χ2v) is 2.23. The molecule has 0 radical (unpaired) electrons. The SMILES string of the molecule is CCCC(OC)OCC(N)=O. The number of rotatable bonds is 6. The predicted octanol–water partition coefficient (Wildman–Crippen LogP) is 0.261. The van der Waals surface area contributed by atoms with E-state index in [4.69, 9.17) is 15.2 Å². The first-order chi connectivity index (χ1) is 5.20. The van der Waals surface area contributed by atoms with Gasteiger partial charge in [-0.25, -0.2) is 0 Å². The van der Waals surface area contributed by atoms with Gasteiger partial charge in [0.05, 0.1) is 0 Å². The third-order valence-electron chi connectivity index (χ3n) is 1.20. The fourth-order valence-corrected chi connectivity index (χ4v) is 0.680. The maximum Gasteiger partial charge on any atom is 0.243 e. The first-order valence-electron chi connectivity index (χ1n) is 3.63. The molecule has 0 aliphatic carbocycles. The van der Waals surface area contributed by atoms with E-state index >= 15 is 0 Å². The number of carbonyl (C=O) groups is 1. The lowest BCUT2D eigenvalue weighted by atomic mass is 10.3. The van der Waals surface area contributed by atoms with Crippen LogP contribution in [0, 0.1) is 0 Å². The normalized spacial score (nSPS) is 12.9. The number of hydrogen-bond acceptors (Lipinski definition) is 3. The Labute approximate surface area is 66.7 Å². The molecule has 11 heavy (non-hydrogen) atoms. The molecular weight excluding hydrogens is 146 g/mol. The van der Waals surface area contributed by atoms with Crippen LogP contribution in [0.3, 0.4) is 0 Å². The van der Waals surface area contributed by atoms with Crippen LogP contribution >= 0.6 is 0 Å². The molecule has 4 nitrogen and oxygen atoms in total. The monoisotopic (exact) mass is 161 g/mol. The average Bonchev–Trinajstić information content (AvgIpc) is 1.97. The summed E-state index contributed by atoms with van der Waals surface area (Å²) in [5.74, 6) is -0.469. The van der Waals surface area contributed by atoms with E-state index in [9.17, 15) is 4.79 Å². The summed E-state index contributed by atoms with van der Waals surface area (Å²) in [6.07, 6.45) is 1.44. The van der Waals surface area contributed by atoms with Crippen LogP contribution in [0.1, 0.15) is 19.8 Å². The van der Waals surface area contributed by atoms with E-state index in [0.29, 0.717) is 0 Å². The topological polar surface area (TPSA) is 61.6 Å². The minimum absolute atomic E-state index is 0.0709. The summed E-state index contributed by atoms with van der Waals surface area (Å²) in [6, 6.07) is 0. The van der Waals surface area contributed by atoms with Gasteiger partial charge in [-0.2, -0.15) is 0 Å². The number of hydrogen-bond donors (Lipinski definition) is 1. The minimum atomic E-state index is -0.469. The zero-order valence-electron chi connectivity index (χ0n) is 7.00. The quantitative estimate of drug-likeness (QED) is 0.568. The zero-order valence-corrected chi connectivity index (χ0v) is 7.00. The van der Waals surface area contributed by atoms with Crippen LogP contribution in [-0.4, -0.2) is 25.9 Å². The molecule has 0 bridgehead atoms. The van der Waals surface area contributed by atoms with E-state index in [1.54, 1.807) is 7.11 Å². The second kappa shape index (κ2) is 6.12. The average molecular weight is 161 g/mol. The summed E-state index contributed by atoms with van der Waals surface area (Å²) in [6.45, 7) is 1.94. The molecule has 0 aliphatic rings. The Kier molecular flexibility index (Phi) is 5.78. The molecule has 0 fully saturated rings. The predicted molar refractivity (Wildman–Crippen MR) is 40.9 cm³/mol. The summed E-state index contributed by atoms with van der Waals surface area (Å²) in [5, 5.41) is 0. The highest BCUT2D eigenvalue weighted by Crippen LogP contribution is 2.01. The number of primary amides is 1. The molecule has 0 aromatic rings. The molecule has 1 unspecified atom stereocenters.